The van der Waals surface area contributed by atoms with Crippen molar-refractivity contribution in [2.24, 2.45) is 0 Å². The molecule has 0 aliphatic heterocycles. The number of nitrogens with zero attached hydrogens (tertiary/aromatic N) is 1. The third kappa shape index (κ3) is 4.45. The summed E-state index contributed by atoms with van der Waals surface area (Å²) in [7, 11) is 0. The second kappa shape index (κ2) is 11.5. The first-order valence-corrected chi connectivity index (χ1v) is 17.2. The van der Waals surface area contributed by atoms with Crippen molar-refractivity contribution in [1.29, 1.82) is 0 Å². The quantitative estimate of drug-likeness (QED) is 0.184. The van der Waals surface area contributed by atoms with Crippen molar-refractivity contribution in [3.63, 3.8) is 0 Å². The van der Waals surface area contributed by atoms with Gasteiger partial charge in [0.05, 0.1) is 0 Å². The molecule has 10 rings (SSSR count). The van der Waals surface area contributed by atoms with Crippen molar-refractivity contribution in [2.45, 2.75) is 0 Å². The summed E-state index contributed by atoms with van der Waals surface area (Å²) >= 11 is 0. The molecule has 0 radical (unpaired) electrons. The van der Waals surface area contributed by atoms with Gasteiger partial charge in [-0.2, -0.15) is 0 Å². The van der Waals surface area contributed by atoms with Crippen LogP contribution in [0.15, 0.2) is 188 Å². The lowest BCUT2D eigenvalue weighted by Crippen LogP contribution is -1.94. The van der Waals surface area contributed by atoms with Gasteiger partial charge >= 0.3 is 0 Å². The van der Waals surface area contributed by atoms with E-state index >= 15 is 0 Å². The van der Waals surface area contributed by atoms with Gasteiger partial charge in [-0.1, -0.05) is 152 Å². The first kappa shape index (κ1) is 28.4. The van der Waals surface area contributed by atoms with E-state index in [1.54, 1.807) is 0 Å². The molecule has 1 aliphatic carbocycles. The van der Waals surface area contributed by atoms with Crippen molar-refractivity contribution in [2.75, 3.05) is 0 Å². The molecule has 1 aromatic heterocycles. The number of hydrogen-bond donors (Lipinski definition) is 0. The number of benzene rings is 8. The van der Waals surface area contributed by atoms with Crippen LogP contribution in [0.25, 0.3) is 99.4 Å². The van der Waals surface area contributed by atoms with E-state index < -0.39 is 0 Å². The van der Waals surface area contributed by atoms with E-state index in [1.165, 1.54) is 99.4 Å². The minimum absolute atomic E-state index is 1.17. The predicted octanol–water partition coefficient (Wildman–Crippen LogP) is 13.4. The normalized spacial score (nSPS) is 11.6. The molecular weight excluding hydrogens is 603 g/mol. The fourth-order valence-corrected chi connectivity index (χ4v) is 8.13. The summed E-state index contributed by atoms with van der Waals surface area (Å²) in [6.07, 6.45) is 3.99. The van der Waals surface area contributed by atoms with Gasteiger partial charge in [-0.25, -0.2) is 0 Å². The molecule has 0 N–H and O–H groups in total. The van der Waals surface area contributed by atoms with Crippen molar-refractivity contribution in [3.8, 4) is 77.9 Å². The van der Waals surface area contributed by atoms with Crippen LogP contribution in [0.1, 0.15) is 0 Å². The SMILES string of the molecule is c1ccc(-c2cc(-c3ccccc3)cc(-c3ccc4c5c(cccc35)-c3c-4c(-c4ccccc4)c4cnccc4c3-c3ccccc3)c2)cc1. The average Bonchev–Trinajstić information content (AvgIpc) is 3.53. The third-order valence-electron chi connectivity index (χ3n) is 10.3. The van der Waals surface area contributed by atoms with Crippen molar-refractivity contribution < 1.29 is 0 Å². The number of hydrogen-bond acceptors (Lipinski definition) is 1. The van der Waals surface area contributed by atoms with Gasteiger partial charge in [-0.3, -0.25) is 4.98 Å². The van der Waals surface area contributed by atoms with Crippen LogP contribution in [-0.4, -0.2) is 4.98 Å². The molecule has 232 valence electrons. The maximum Gasteiger partial charge on any atom is 0.0353 e. The Morgan fingerprint density at radius 1 is 0.280 bits per heavy atom. The Hall–Kier alpha value is -6.57. The zero-order chi connectivity index (χ0) is 33.0. The number of rotatable bonds is 5. The lowest BCUT2D eigenvalue weighted by molar-refractivity contribution is 1.36. The largest absolute Gasteiger partial charge is 0.264 e. The van der Waals surface area contributed by atoms with Crippen molar-refractivity contribution in [3.05, 3.63) is 188 Å². The molecule has 0 saturated heterocycles. The molecule has 0 amide bonds. The Labute approximate surface area is 291 Å². The summed E-state index contributed by atoms with van der Waals surface area (Å²) in [6, 6.07) is 64.0. The van der Waals surface area contributed by atoms with E-state index in [0.717, 1.165) is 0 Å². The van der Waals surface area contributed by atoms with E-state index in [1.807, 2.05) is 6.20 Å². The summed E-state index contributed by atoms with van der Waals surface area (Å²) < 4.78 is 0. The zero-order valence-corrected chi connectivity index (χ0v) is 27.3. The van der Waals surface area contributed by atoms with Crippen LogP contribution >= 0.6 is 0 Å². The molecule has 0 fully saturated rings. The Morgan fingerprint density at radius 3 is 1.34 bits per heavy atom. The van der Waals surface area contributed by atoms with Crippen LogP contribution < -0.4 is 0 Å². The fraction of sp³-hybridized carbons (Fsp3) is 0. The molecular formula is C49H31N. The highest BCUT2D eigenvalue weighted by molar-refractivity contribution is 6.28. The van der Waals surface area contributed by atoms with Crippen LogP contribution in [0, 0.1) is 0 Å². The second-order valence-electron chi connectivity index (χ2n) is 13.1. The van der Waals surface area contributed by atoms with Crippen LogP contribution in [-0.2, 0) is 0 Å². The first-order valence-electron chi connectivity index (χ1n) is 17.2. The third-order valence-corrected chi connectivity index (χ3v) is 10.3. The number of aromatic nitrogens is 1. The molecule has 1 aliphatic rings. The zero-order valence-electron chi connectivity index (χ0n) is 27.3. The molecule has 0 spiro atoms. The maximum atomic E-state index is 4.68. The highest BCUT2D eigenvalue weighted by Gasteiger charge is 2.31. The van der Waals surface area contributed by atoms with E-state index in [4.69, 9.17) is 0 Å². The van der Waals surface area contributed by atoms with Crippen molar-refractivity contribution >= 4 is 21.5 Å². The summed E-state index contributed by atoms with van der Waals surface area (Å²) in [4.78, 5) is 4.68. The van der Waals surface area contributed by atoms with E-state index in [-0.39, 0.29) is 0 Å². The predicted molar refractivity (Wildman–Crippen MR) is 211 cm³/mol. The maximum absolute atomic E-state index is 4.68. The summed E-state index contributed by atoms with van der Waals surface area (Å²) in [5.41, 5.74) is 17.4. The van der Waals surface area contributed by atoms with Gasteiger partial charge in [-0.15, -0.1) is 0 Å². The first-order chi connectivity index (χ1) is 24.8. The van der Waals surface area contributed by atoms with Gasteiger partial charge in [0, 0.05) is 17.8 Å². The summed E-state index contributed by atoms with van der Waals surface area (Å²) in [6.45, 7) is 0. The lowest BCUT2D eigenvalue weighted by atomic mass is 9.83. The molecule has 1 heterocycles. The summed E-state index contributed by atoms with van der Waals surface area (Å²) in [5, 5.41) is 4.96. The summed E-state index contributed by atoms with van der Waals surface area (Å²) in [5.74, 6) is 0. The van der Waals surface area contributed by atoms with E-state index in [0.29, 0.717) is 0 Å². The molecule has 0 saturated carbocycles. The smallest absolute Gasteiger partial charge is 0.0353 e. The van der Waals surface area contributed by atoms with Gasteiger partial charge in [0.2, 0.25) is 0 Å². The van der Waals surface area contributed by atoms with Gasteiger partial charge < -0.3 is 0 Å². The molecule has 0 unspecified atom stereocenters. The molecule has 9 aromatic rings. The van der Waals surface area contributed by atoms with Crippen LogP contribution in [0.3, 0.4) is 0 Å². The van der Waals surface area contributed by atoms with Gasteiger partial charge in [0.1, 0.15) is 0 Å². The Kier molecular flexibility index (Phi) is 6.57. The van der Waals surface area contributed by atoms with Crippen molar-refractivity contribution in [1.82, 2.24) is 4.98 Å². The van der Waals surface area contributed by atoms with Gasteiger partial charge in [0.15, 0.2) is 0 Å². The number of pyridine rings is 1. The lowest BCUT2D eigenvalue weighted by Gasteiger charge is -2.20. The second-order valence-corrected chi connectivity index (χ2v) is 13.1. The van der Waals surface area contributed by atoms with Crippen LogP contribution in [0.2, 0.25) is 0 Å². The highest BCUT2D eigenvalue weighted by Crippen LogP contribution is 2.58. The molecule has 50 heavy (non-hydrogen) atoms. The molecule has 1 heteroatoms. The number of fused-ring (bicyclic) bond motifs is 4. The van der Waals surface area contributed by atoms with Gasteiger partial charge in [-0.05, 0) is 118 Å². The van der Waals surface area contributed by atoms with E-state index in [2.05, 4.69) is 187 Å². The standard InChI is InChI=1S/C49H31N/c1-5-14-32(15-6-1)36-28-37(33-16-7-2-8-17-33)30-38(29-36)39-24-25-43-47-40(39)22-13-23-42(47)48-45(34-18-9-3-10-19-34)41-26-27-50-31-44(41)46(49(43)48)35-20-11-4-12-21-35/h1-31H. The topological polar surface area (TPSA) is 12.9 Å². The minimum atomic E-state index is 1.17. The average molecular weight is 634 g/mol. The molecule has 8 aromatic carbocycles. The molecule has 1 nitrogen and oxygen atoms in total. The van der Waals surface area contributed by atoms with Crippen LogP contribution in [0.4, 0.5) is 0 Å². The van der Waals surface area contributed by atoms with Crippen LogP contribution in [0.5, 0.6) is 0 Å². The fourth-order valence-electron chi connectivity index (χ4n) is 8.13. The Morgan fingerprint density at radius 2 is 0.760 bits per heavy atom. The minimum Gasteiger partial charge on any atom is -0.264 e. The Balaban J connectivity index is 1.30. The van der Waals surface area contributed by atoms with E-state index in [9.17, 15) is 0 Å². The van der Waals surface area contributed by atoms with Gasteiger partial charge in [0.25, 0.3) is 0 Å². The monoisotopic (exact) mass is 633 g/mol. The Bertz CT molecular complexity index is 2560. The highest BCUT2D eigenvalue weighted by atomic mass is 14.6. The molecule has 0 bridgehead atoms. The molecule has 0 atom stereocenters.